The van der Waals surface area contributed by atoms with Crippen molar-refractivity contribution >= 4 is 51.9 Å². The first-order chi connectivity index (χ1) is 16.0. The standard InChI is InChI=1S/C25H18N2O4S2/c28-23-15-30-21-10-9-16(13-22-24(29)26-25(32)33-22)12-20(21)27(23)14-17-5-4-8-19(11-17)31-18-6-2-1-3-7-18/h1-13H,14-15H2,(H,26,29,32)/b22-13+. The molecule has 2 aliphatic heterocycles. The highest BCUT2D eigenvalue weighted by atomic mass is 32.2. The summed E-state index contributed by atoms with van der Waals surface area (Å²) < 4.78 is 12.0. The maximum Gasteiger partial charge on any atom is 0.265 e. The molecule has 0 saturated carbocycles. The lowest BCUT2D eigenvalue weighted by Gasteiger charge is -2.30. The summed E-state index contributed by atoms with van der Waals surface area (Å²) in [6.07, 6.45) is 1.76. The largest absolute Gasteiger partial charge is 0.482 e. The molecule has 0 spiro atoms. The molecule has 0 radical (unpaired) electrons. The molecule has 0 aromatic heterocycles. The van der Waals surface area contributed by atoms with Crippen molar-refractivity contribution in [3.63, 3.8) is 0 Å². The Bertz CT molecular complexity index is 1290. The van der Waals surface area contributed by atoms with Gasteiger partial charge in [-0.2, -0.15) is 0 Å². The van der Waals surface area contributed by atoms with E-state index in [1.54, 1.807) is 11.0 Å². The number of anilines is 1. The molecular formula is C25H18N2O4S2. The Morgan fingerprint density at radius 1 is 1.03 bits per heavy atom. The van der Waals surface area contributed by atoms with Gasteiger partial charge in [0.15, 0.2) is 6.61 Å². The van der Waals surface area contributed by atoms with Crippen molar-refractivity contribution in [3.8, 4) is 17.2 Å². The van der Waals surface area contributed by atoms with Crippen LogP contribution in [0.5, 0.6) is 17.2 Å². The highest BCUT2D eigenvalue weighted by Gasteiger charge is 2.27. The van der Waals surface area contributed by atoms with Crippen molar-refractivity contribution < 1.29 is 19.1 Å². The van der Waals surface area contributed by atoms with Crippen LogP contribution in [0.1, 0.15) is 11.1 Å². The first-order valence-corrected chi connectivity index (χ1v) is 11.4. The molecule has 2 heterocycles. The van der Waals surface area contributed by atoms with Crippen LogP contribution in [0.25, 0.3) is 6.08 Å². The minimum Gasteiger partial charge on any atom is -0.482 e. The molecule has 1 saturated heterocycles. The van der Waals surface area contributed by atoms with Gasteiger partial charge in [-0.3, -0.25) is 9.59 Å². The zero-order chi connectivity index (χ0) is 22.8. The summed E-state index contributed by atoms with van der Waals surface area (Å²) in [6, 6.07) is 22.7. The normalized spacial score (nSPS) is 16.4. The smallest absolute Gasteiger partial charge is 0.265 e. The third kappa shape index (κ3) is 4.76. The number of carbonyl (C=O) groups excluding carboxylic acids is 2. The number of para-hydroxylation sites is 1. The molecule has 0 unspecified atom stereocenters. The highest BCUT2D eigenvalue weighted by molar-refractivity contribution is 8.26. The summed E-state index contributed by atoms with van der Waals surface area (Å²) >= 11 is 6.27. The molecule has 0 bridgehead atoms. The van der Waals surface area contributed by atoms with Crippen molar-refractivity contribution in [3.05, 3.63) is 88.8 Å². The zero-order valence-electron chi connectivity index (χ0n) is 17.3. The second kappa shape index (κ2) is 9.09. The zero-order valence-corrected chi connectivity index (χ0v) is 18.9. The minimum atomic E-state index is -0.220. The number of fused-ring (bicyclic) bond motifs is 1. The molecule has 3 aromatic rings. The van der Waals surface area contributed by atoms with Gasteiger partial charge in [0.05, 0.1) is 17.1 Å². The molecule has 164 valence electrons. The Morgan fingerprint density at radius 3 is 2.64 bits per heavy atom. The quantitative estimate of drug-likeness (QED) is 0.419. The van der Waals surface area contributed by atoms with Crippen LogP contribution in [0.2, 0.25) is 0 Å². The maximum absolute atomic E-state index is 12.8. The predicted octanol–water partition coefficient (Wildman–Crippen LogP) is 4.89. The van der Waals surface area contributed by atoms with Crippen LogP contribution >= 0.6 is 24.0 Å². The summed E-state index contributed by atoms with van der Waals surface area (Å²) in [4.78, 5) is 27.0. The first kappa shape index (κ1) is 21.2. The molecule has 5 rings (SSSR count). The van der Waals surface area contributed by atoms with Gasteiger partial charge in [-0.15, -0.1) is 0 Å². The van der Waals surface area contributed by atoms with E-state index in [0.717, 1.165) is 16.9 Å². The van der Waals surface area contributed by atoms with E-state index in [9.17, 15) is 9.59 Å². The van der Waals surface area contributed by atoms with Crippen molar-refractivity contribution in [2.24, 2.45) is 0 Å². The van der Waals surface area contributed by atoms with Crippen LogP contribution in [0, 0.1) is 0 Å². The van der Waals surface area contributed by atoms with Gasteiger partial charge in [-0.25, -0.2) is 0 Å². The monoisotopic (exact) mass is 474 g/mol. The number of hydrogen-bond donors (Lipinski definition) is 1. The summed E-state index contributed by atoms with van der Waals surface area (Å²) in [6.45, 7) is 0.334. The van der Waals surface area contributed by atoms with Crippen LogP contribution in [0.3, 0.4) is 0 Å². The summed E-state index contributed by atoms with van der Waals surface area (Å²) in [5, 5.41) is 2.61. The lowest BCUT2D eigenvalue weighted by atomic mass is 10.1. The van der Waals surface area contributed by atoms with Crippen molar-refractivity contribution in [2.45, 2.75) is 6.54 Å². The van der Waals surface area contributed by atoms with E-state index in [2.05, 4.69) is 5.32 Å². The van der Waals surface area contributed by atoms with Gasteiger partial charge < -0.3 is 19.7 Å². The van der Waals surface area contributed by atoms with Crippen molar-refractivity contribution in [1.29, 1.82) is 0 Å². The van der Waals surface area contributed by atoms with Crippen LogP contribution in [0.15, 0.2) is 77.7 Å². The predicted molar refractivity (Wildman–Crippen MR) is 132 cm³/mol. The van der Waals surface area contributed by atoms with E-state index in [4.69, 9.17) is 21.7 Å². The summed E-state index contributed by atoms with van der Waals surface area (Å²) in [5.41, 5.74) is 2.35. The minimum absolute atomic E-state index is 0.0276. The van der Waals surface area contributed by atoms with Gasteiger partial charge in [0.2, 0.25) is 0 Å². The molecule has 2 aliphatic rings. The topological polar surface area (TPSA) is 67.9 Å². The third-order valence-corrected chi connectivity index (χ3v) is 6.25. The Hall–Kier alpha value is -3.62. The number of nitrogens with one attached hydrogen (secondary N) is 1. The first-order valence-electron chi connectivity index (χ1n) is 10.2. The fraction of sp³-hybridized carbons (Fsp3) is 0.0800. The van der Waals surface area contributed by atoms with Gasteiger partial charge in [-0.05, 0) is 53.6 Å². The van der Waals surface area contributed by atoms with E-state index >= 15 is 0 Å². The van der Waals surface area contributed by atoms with Crippen LogP contribution in [0.4, 0.5) is 5.69 Å². The number of carbonyl (C=O) groups is 2. The highest BCUT2D eigenvalue weighted by Crippen LogP contribution is 2.36. The third-order valence-electron chi connectivity index (χ3n) is 5.08. The molecule has 33 heavy (non-hydrogen) atoms. The average molecular weight is 475 g/mol. The number of rotatable bonds is 5. The number of nitrogens with zero attached hydrogens (tertiary/aromatic N) is 1. The molecule has 8 heteroatoms. The second-order valence-corrected chi connectivity index (χ2v) is 9.13. The lowest BCUT2D eigenvalue weighted by molar-refractivity contribution is -0.121. The Balaban J connectivity index is 1.41. The van der Waals surface area contributed by atoms with E-state index in [1.165, 1.54) is 11.8 Å². The maximum atomic E-state index is 12.8. The van der Waals surface area contributed by atoms with Gasteiger partial charge in [0.1, 0.15) is 21.6 Å². The molecule has 3 aromatic carbocycles. The summed E-state index contributed by atoms with van der Waals surface area (Å²) in [7, 11) is 0. The lowest BCUT2D eigenvalue weighted by Crippen LogP contribution is -2.38. The van der Waals surface area contributed by atoms with E-state index in [1.807, 2.05) is 72.8 Å². The fourth-order valence-electron chi connectivity index (χ4n) is 3.57. The number of hydrogen-bond acceptors (Lipinski definition) is 6. The Morgan fingerprint density at radius 2 is 1.85 bits per heavy atom. The van der Waals surface area contributed by atoms with Gasteiger partial charge in [-0.1, -0.05) is 60.4 Å². The molecule has 2 amide bonds. The molecule has 0 atom stereocenters. The van der Waals surface area contributed by atoms with Crippen molar-refractivity contribution in [1.82, 2.24) is 5.32 Å². The molecular weight excluding hydrogens is 456 g/mol. The molecule has 0 aliphatic carbocycles. The SMILES string of the molecule is O=C1NC(=S)S/C1=C/c1ccc2c(c1)N(Cc1cccc(Oc3ccccc3)c1)C(=O)CO2. The Kier molecular flexibility index (Phi) is 5.85. The van der Waals surface area contributed by atoms with Crippen molar-refractivity contribution in [2.75, 3.05) is 11.5 Å². The van der Waals surface area contributed by atoms with Crippen LogP contribution in [-0.2, 0) is 16.1 Å². The molecule has 1 N–H and O–H groups in total. The molecule has 1 fully saturated rings. The average Bonchev–Trinajstić information content (AvgIpc) is 3.13. The number of thioether (sulfide) groups is 1. The number of thiocarbonyl (C=S) groups is 1. The Labute approximate surface area is 200 Å². The van der Waals surface area contributed by atoms with Gasteiger partial charge >= 0.3 is 0 Å². The van der Waals surface area contributed by atoms with Crippen LogP contribution < -0.4 is 19.7 Å². The number of benzene rings is 3. The van der Waals surface area contributed by atoms with Gasteiger partial charge in [0, 0.05) is 0 Å². The van der Waals surface area contributed by atoms with Crippen LogP contribution in [-0.4, -0.2) is 22.7 Å². The number of amides is 2. The van der Waals surface area contributed by atoms with E-state index in [0.29, 0.717) is 33.0 Å². The summed E-state index contributed by atoms with van der Waals surface area (Å²) in [5.74, 6) is 1.69. The number of ether oxygens (including phenoxy) is 2. The molecule has 6 nitrogen and oxygen atoms in total. The fourth-order valence-corrected chi connectivity index (χ4v) is 4.61. The van der Waals surface area contributed by atoms with E-state index in [-0.39, 0.29) is 18.4 Å². The van der Waals surface area contributed by atoms with E-state index < -0.39 is 0 Å². The van der Waals surface area contributed by atoms with Gasteiger partial charge in [0.25, 0.3) is 11.8 Å². The second-order valence-electron chi connectivity index (χ2n) is 7.41.